The van der Waals surface area contributed by atoms with Gasteiger partial charge in [0.25, 0.3) is 5.91 Å². The first-order chi connectivity index (χ1) is 15.0. The number of rotatable bonds is 7. The summed E-state index contributed by atoms with van der Waals surface area (Å²) in [5.41, 5.74) is 2.53. The minimum absolute atomic E-state index is 0.0485. The molecule has 0 saturated carbocycles. The molecule has 156 valence electrons. The SMILES string of the molecule is CN(C)c1ccc(C(=O)N[C@H](Cc2ccccc2)C(=O)Nc2cncnc2C#N)cc1. The van der Waals surface area contributed by atoms with E-state index < -0.39 is 11.9 Å². The summed E-state index contributed by atoms with van der Waals surface area (Å²) in [6.07, 6.45) is 2.86. The number of amides is 2. The Morgan fingerprint density at radius 2 is 1.81 bits per heavy atom. The molecular weight excluding hydrogens is 392 g/mol. The van der Waals surface area contributed by atoms with Crippen LogP contribution in [0.15, 0.2) is 67.1 Å². The molecule has 1 heterocycles. The predicted molar refractivity (Wildman–Crippen MR) is 118 cm³/mol. The fourth-order valence-electron chi connectivity index (χ4n) is 2.94. The number of aromatic nitrogens is 2. The third-order valence-electron chi connectivity index (χ3n) is 4.63. The largest absolute Gasteiger partial charge is 0.378 e. The van der Waals surface area contributed by atoms with Gasteiger partial charge in [0, 0.05) is 31.8 Å². The highest BCUT2D eigenvalue weighted by Crippen LogP contribution is 2.14. The summed E-state index contributed by atoms with van der Waals surface area (Å²) < 4.78 is 0. The number of nitrogens with one attached hydrogen (secondary N) is 2. The van der Waals surface area contributed by atoms with E-state index in [1.807, 2.05) is 67.5 Å². The maximum absolute atomic E-state index is 13.0. The number of carbonyl (C=O) groups excluding carboxylic acids is 2. The normalized spacial score (nSPS) is 11.1. The van der Waals surface area contributed by atoms with Crippen LogP contribution in [-0.4, -0.2) is 41.9 Å². The molecule has 0 unspecified atom stereocenters. The third kappa shape index (κ3) is 5.64. The highest BCUT2D eigenvalue weighted by Gasteiger charge is 2.23. The van der Waals surface area contributed by atoms with Crippen molar-refractivity contribution >= 4 is 23.2 Å². The van der Waals surface area contributed by atoms with Gasteiger partial charge in [0.1, 0.15) is 18.4 Å². The second kappa shape index (κ2) is 9.98. The topological polar surface area (TPSA) is 111 Å². The first kappa shape index (κ1) is 21.5. The molecule has 3 aromatic rings. The van der Waals surface area contributed by atoms with Crippen LogP contribution in [0.3, 0.4) is 0 Å². The van der Waals surface area contributed by atoms with Gasteiger partial charge in [0.05, 0.1) is 11.9 Å². The standard InChI is InChI=1S/C23H22N6O2/c1-29(2)18-10-8-17(9-11-18)22(30)27-19(12-16-6-4-3-5-7-16)23(31)28-21-14-25-15-26-20(21)13-24/h3-11,14-15,19H,12H2,1-2H3,(H,27,30)(H,28,31)/t19-/m1/s1. The molecule has 0 aliphatic carbocycles. The Hall–Kier alpha value is -4.25. The van der Waals surface area contributed by atoms with E-state index in [1.165, 1.54) is 12.5 Å². The maximum atomic E-state index is 13.0. The number of hydrogen-bond acceptors (Lipinski definition) is 6. The Morgan fingerprint density at radius 3 is 2.45 bits per heavy atom. The van der Waals surface area contributed by atoms with Gasteiger partial charge in [-0.1, -0.05) is 30.3 Å². The summed E-state index contributed by atoms with van der Waals surface area (Å²) in [7, 11) is 3.83. The van der Waals surface area contributed by atoms with E-state index in [4.69, 9.17) is 0 Å². The fraction of sp³-hybridized carbons (Fsp3) is 0.174. The second-order valence-corrected chi connectivity index (χ2v) is 7.04. The number of hydrogen-bond donors (Lipinski definition) is 2. The van der Waals surface area contributed by atoms with Crippen molar-refractivity contribution in [2.24, 2.45) is 0 Å². The lowest BCUT2D eigenvalue weighted by Crippen LogP contribution is -2.45. The zero-order valence-corrected chi connectivity index (χ0v) is 17.2. The van der Waals surface area contributed by atoms with Gasteiger partial charge in [-0.3, -0.25) is 9.59 Å². The summed E-state index contributed by atoms with van der Waals surface area (Å²) in [5.74, 6) is -0.834. The lowest BCUT2D eigenvalue weighted by molar-refractivity contribution is -0.118. The van der Waals surface area contributed by atoms with Crippen LogP contribution in [0.5, 0.6) is 0 Å². The maximum Gasteiger partial charge on any atom is 0.251 e. The quantitative estimate of drug-likeness (QED) is 0.614. The smallest absolute Gasteiger partial charge is 0.251 e. The molecule has 0 aliphatic heterocycles. The molecule has 2 N–H and O–H groups in total. The summed E-state index contributed by atoms with van der Waals surface area (Å²) in [5, 5.41) is 14.7. The molecule has 2 aromatic carbocycles. The van der Waals surface area contributed by atoms with E-state index in [0.717, 1.165) is 11.3 Å². The summed E-state index contributed by atoms with van der Waals surface area (Å²) in [4.78, 5) is 35.5. The van der Waals surface area contributed by atoms with Crippen LogP contribution >= 0.6 is 0 Å². The highest BCUT2D eigenvalue weighted by molar-refractivity contribution is 6.01. The van der Waals surface area contributed by atoms with Gasteiger partial charge in [0.15, 0.2) is 5.69 Å². The van der Waals surface area contributed by atoms with Gasteiger partial charge >= 0.3 is 0 Å². The molecule has 0 fully saturated rings. The predicted octanol–water partition coefficient (Wildman–Crippen LogP) is 2.39. The molecule has 0 radical (unpaired) electrons. The van der Waals surface area contributed by atoms with E-state index in [1.54, 1.807) is 12.1 Å². The van der Waals surface area contributed by atoms with Gasteiger partial charge < -0.3 is 15.5 Å². The van der Waals surface area contributed by atoms with Gasteiger partial charge in [-0.05, 0) is 29.8 Å². The monoisotopic (exact) mass is 414 g/mol. The van der Waals surface area contributed by atoms with Crippen molar-refractivity contribution in [3.63, 3.8) is 0 Å². The third-order valence-corrected chi connectivity index (χ3v) is 4.63. The Balaban J connectivity index is 1.81. The van der Waals surface area contributed by atoms with Crippen molar-refractivity contribution in [3.05, 3.63) is 83.9 Å². The van der Waals surface area contributed by atoms with Crippen molar-refractivity contribution in [1.29, 1.82) is 5.26 Å². The fourth-order valence-corrected chi connectivity index (χ4v) is 2.94. The Morgan fingerprint density at radius 1 is 1.10 bits per heavy atom. The average Bonchev–Trinajstić information content (AvgIpc) is 2.79. The summed E-state index contributed by atoms with van der Waals surface area (Å²) >= 11 is 0. The van der Waals surface area contributed by atoms with Crippen LogP contribution in [0.2, 0.25) is 0 Å². The van der Waals surface area contributed by atoms with Crippen LogP contribution < -0.4 is 15.5 Å². The van der Waals surface area contributed by atoms with Crippen molar-refractivity contribution < 1.29 is 9.59 Å². The van der Waals surface area contributed by atoms with E-state index in [9.17, 15) is 14.9 Å². The molecule has 0 aliphatic rings. The first-order valence-electron chi connectivity index (χ1n) is 9.61. The number of carbonyl (C=O) groups is 2. The number of anilines is 2. The molecule has 2 amide bonds. The molecule has 0 bridgehead atoms. The Kier molecular flexibility index (Phi) is 6.91. The number of nitriles is 1. The minimum atomic E-state index is -0.866. The Bertz CT molecular complexity index is 1090. The van der Waals surface area contributed by atoms with Crippen molar-refractivity contribution in [3.8, 4) is 6.07 Å². The van der Waals surface area contributed by atoms with Crippen molar-refractivity contribution in [2.45, 2.75) is 12.5 Å². The molecule has 1 atom stereocenters. The zero-order valence-electron chi connectivity index (χ0n) is 17.2. The molecular formula is C23H22N6O2. The molecule has 31 heavy (non-hydrogen) atoms. The van der Waals surface area contributed by atoms with E-state index in [0.29, 0.717) is 5.56 Å². The second-order valence-electron chi connectivity index (χ2n) is 7.04. The summed E-state index contributed by atoms with van der Waals surface area (Å²) in [6, 6.07) is 17.5. The van der Waals surface area contributed by atoms with Gasteiger partial charge in [-0.15, -0.1) is 0 Å². The van der Waals surface area contributed by atoms with Crippen LogP contribution in [0.4, 0.5) is 11.4 Å². The molecule has 8 heteroatoms. The summed E-state index contributed by atoms with van der Waals surface area (Å²) in [6.45, 7) is 0. The highest BCUT2D eigenvalue weighted by atomic mass is 16.2. The van der Waals surface area contributed by atoms with E-state index >= 15 is 0 Å². The first-order valence-corrected chi connectivity index (χ1v) is 9.61. The van der Waals surface area contributed by atoms with Crippen LogP contribution in [0, 0.1) is 11.3 Å². The number of benzene rings is 2. The molecule has 3 rings (SSSR count). The minimum Gasteiger partial charge on any atom is -0.378 e. The Labute approximate surface area is 180 Å². The van der Waals surface area contributed by atoms with Crippen LogP contribution in [0.25, 0.3) is 0 Å². The van der Waals surface area contributed by atoms with E-state index in [-0.39, 0.29) is 23.7 Å². The van der Waals surface area contributed by atoms with Gasteiger partial charge in [-0.25, -0.2) is 9.97 Å². The van der Waals surface area contributed by atoms with Crippen LogP contribution in [0.1, 0.15) is 21.6 Å². The van der Waals surface area contributed by atoms with Crippen LogP contribution in [-0.2, 0) is 11.2 Å². The molecule has 0 saturated heterocycles. The molecule has 1 aromatic heterocycles. The zero-order chi connectivity index (χ0) is 22.2. The molecule has 0 spiro atoms. The lowest BCUT2D eigenvalue weighted by Gasteiger charge is -2.19. The van der Waals surface area contributed by atoms with Gasteiger partial charge in [-0.2, -0.15) is 5.26 Å². The van der Waals surface area contributed by atoms with Gasteiger partial charge in [0.2, 0.25) is 5.91 Å². The lowest BCUT2D eigenvalue weighted by atomic mass is 10.0. The average molecular weight is 414 g/mol. The van der Waals surface area contributed by atoms with Crippen molar-refractivity contribution in [2.75, 3.05) is 24.3 Å². The molecule has 8 nitrogen and oxygen atoms in total. The van der Waals surface area contributed by atoms with E-state index in [2.05, 4.69) is 20.6 Å². The number of nitrogens with zero attached hydrogens (tertiary/aromatic N) is 4. The van der Waals surface area contributed by atoms with Crippen molar-refractivity contribution in [1.82, 2.24) is 15.3 Å².